The lowest BCUT2D eigenvalue weighted by Crippen LogP contribution is -2.19. The molecule has 0 unspecified atom stereocenters. The zero-order chi connectivity index (χ0) is 10.3. The van der Waals surface area contributed by atoms with Crippen molar-refractivity contribution in [2.24, 2.45) is 0 Å². The number of hydrogen-bond acceptors (Lipinski definition) is 1. The van der Waals surface area contributed by atoms with Crippen LogP contribution in [0.2, 0.25) is 0 Å². The molecule has 0 amide bonds. The van der Waals surface area contributed by atoms with Crippen molar-refractivity contribution < 1.29 is 0 Å². The Hall–Kier alpha value is -1.80. The average molecular weight is 197 g/mol. The van der Waals surface area contributed by atoms with Crippen LogP contribution in [0.3, 0.4) is 0 Å². The third-order valence-electron chi connectivity index (χ3n) is 2.09. The van der Waals surface area contributed by atoms with Gasteiger partial charge in [0.2, 0.25) is 0 Å². The van der Waals surface area contributed by atoms with Crippen molar-refractivity contribution in [2.75, 3.05) is 0 Å². The second-order valence-corrected chi connectivity index (χ2v) is 3.27. The van der Waals surface area contributed by atoms with Gasteiger partial charge in [0, 0.05) is 6.54 Å². The topological polar surface area (TPSA) is 26.1 Å². The van der Waals surface area contributed by atoms with E-state index in [2.05, 4.69) is 23.0 Å². The molecule has 75 valence electrons. The fourth-order valence-corrected chi connectivity index (χ4v) is 1.32. The minimum atomic E-state index is 0.760. The SMILES string of the molecule is c1ccc(CN[N]c2ccccc2)cc1. The van der Waals surface area contributed by atoms with Gasteiger partial charge in [-0.2, -0.15) is 0 Å². The fourth-order valence-electron chi connectivity index (χ4n) is 1.32. The van der Waals surface area contributed by atoms with Gasteiger partial charge in [-0.25, -0.2) is 10.9 Å². The number of hydrogen-bond donors (Lipinski definition) is 1. The number of rotatable bonds is 4. The summed E-state index contributed by atoms with van der Waals surface area (Å²) in [6, 6.07) is 20.1. The van der Waals surface area contributed by atoms with Crippen LogP contribution in [-0.2, 0) is 6.54 Å². The Kier molecular flexibility index (Phi) is 3.36. The van der Waals surface area contributed by atoms with Gasteiger partial charge in [0.05, 0.1) is 5.69 Å². The van der Waals surface area contributed by atoms with Gasteiger partial charge in [0.25, 0.3) is 0 Å². The first kappa shape index (κ1) is 9.74. The summed E-state index contributed by atoms with van der Waals surface area (Å²) < 4.78 is 0. The van der Waals surface area contributed by atoms with Gasteiger partial charge in [-0.05, 0) is 17.7 Å². The lowest BCUT2D eigenvalue weighted by Gasteiger charge is -2.04. The van der Waals surface area contributed by atoms with Crippen molar-refractivity contribution in [3.8, 4) is 0 Å². The van der Waals surface area contributed by atoms with E-state index in [9.17, 15) is 0 Å². The van der Waals surface area contributed by atoms with Gasteiger partial charge < -0.3 is 0 Å². The second kappa shape index (κ2) is 5.17. The van der Waals surface area contributed by atoms with E-state index in [1.54, 1.807) is 0 Å². The molecule has 0 atom stereocenters. The third kappa shape index (κ3) is 3.11. The Bertz CT molecular complexity index is 344. The highest BCUT2D eigenvalue weighted by Gasteiger charge is 1.92. The van der Waals surface area contributed by atoms with Gasteiger partial charge in [-0.1, -0.05) is 48.5 Å². The molecular weight excluding hydrogens is 184 g/mol. The lowest BCUT2D eigenvalue weighted by atomic mass is 10.2. The predicted molar refractivity (Wildman–Crippen MR) is 61.5 cm³/mol. The van der Waals surface area contributed by atoms with E-state index in [1.165, 1.54) is 5.56 Å². The Morgan fingerprint density at radius 2 is 1.40 bits per heavy atom. The summed E-state index contributed by atoms with van der Waals surface area (Å²) in [5, 5.41) is 0. The molecule has 0 saturated heterocycles. The van der Waals surface area contributed by atoms with Crippen LogP contribution in [0.5, 0.6) is 0 Å². The molecule has 2 heteroatoms. The molecule has 0 aliphatic rings. The number of benzene rings is 2. The minimum Gasteiger partial charge on any atom is -0.209 e. The highest BCUT2D eigenvalue weighted by molar-refractivity contribution is 5.33. The normalized spacial score (nSPS) is 9.87. The van der Waals surface area contributed by atoms with Crippen LogP contribution in [0.25, 0.3) is 0 Å². The van der Waals surface area contributed by atoms with Crippen molar-refractivity contribution in [3.05, 3.63) is 66.2 Å². The summed E-state index contributed by atoms with van der Waals surface area (Å²) in [5.74, 6) is 0. The molecule has 0 spiro atoms. The molecule has 2 nitrogen and oxygen atoms in total. The molecule has 0 fully saturated rings. The maximum absolute atomic E-state index is 4.25. The number of nitrogens with zero attached hydrogens (tertiary/aromatic N) is 1. The zero-order valence-corrected chi connectivity index (χ0v) is 8.43. The van der Waals surface area contributed by atoms with Crippen LogP contribution in [0.1, 0.15) is 5.56 Å². The first-order valence-corrected chi connectivity index (χ1v) is 4.98. The predicted octanol–water partition coefficient (Wildman–Crippen LogP) is 2.63. The van der Waals surface area contributed by atoms with E-state index in [1.807, 2.05) is 48.5 Å². The van der Waals surface area contributed by atoms with E-state index >= 15 is 0 Å². The zero-order valence-electron chi connectivity index (χ0n) is 8.43. The van der Waals surface area contributed by atoms with Crippen molar-refractivity contribution in [2.45, 2.75) is 6.54 Å². The van der Waals surface area contributed by atoms with Crippen LogP contribution in [0, 0.1) is 0 Å². The molecule has 0 aliphatic carbocycles. The molecule has 2 aromatic carbocycles. The molecule has 0 aliphatic heterocycles. The van der Waals surface area contributed by atoms with Crippen molar-refractivity contribution >= 4 is 5.69 Å². The quantitative estimate of drug-likeness (QED) is 0.749. The van der Waals surface area contributed by atoms with Crippen LogP contribution in [0.4, 0.5) is 5.69 Å². The van der Waals surface area contributed by atoms with Gasteiger partial charge in [-0.3, -0.25) is 0 Å². The second-order valence-electron chi connectivity index (χ2n) is 3.27. The highest BCUT2D eigenvalue weighted by Crippen LogP contribution is 2.03. The lowest BCUT2D eigenvalue weighted by molar-refractivity contribution is 0.622. The molecule has 1 N–H and O–H groups in total. The van der Waals surface area contributed by atoms with E-state index in [0.29, 0.717) is 0 Å². The number of nitrogens with one attached hydrogen (secondary N) is 1. The van der Waals surface area contributed by atoms with Crippen LogP contribution < -0.4 is 10.9 Å². The maximum atomic E-state index is 4.25. The molecule has 2 aromatic rings. The van der Waals surface area contributed by atoms with Crippen molar-refractivity contribution in [1.82, 2.24) is 10.9 Å². The Labute approximate surface area is 89.9 Å². The first-order valence-electron chi connectivity index (χ1n) is 4.98. The Morgan fingerprint density at radius 3 is 2.07 bits per heavy atom. The van der Waals surface area contributed by atoms with Crippen molar-refractivity contribution in [3.63, 3.8) is 0 Å². The van der Waals surface area contributed by atoms with Gasteiger partial charge in [-0.15, -0.1) is 0 Å². The standard InChI is InChI=1S/C13H13N2/c1-3-7-12(8-4-1)11-14-15-13-9-5-2-6-10-13/h1-10,14H,11H2. The molecule has 0 bridgehead atoms. The average Bonchev–Trinajstić information content (AvgIpc) is 2.32. The van der Waals surface area contributed by atoms with E-state index < -0.39 is 0 Å². The molecule has 2 rings (SSSR count). The molecule has 0 aromatic heterocycles. The maximum Gasteiger partial charge on any atom is 0.0774 e. The monoisotopic (exact) mass is 197 g/mol. The largest absolute Gasteiger partial charge is 0.209 e. The first-order chi connectivity index (χ1) is 7.45. The highest BCUT2D eigenvalue weighted by atomic mass is 15.3. The van der Waals surface area contributed by atoms with Crippen LogP contribution in [-0.4, -0.2) is 0 Å². The summed E-state index contributed by atoms with van der Waals surface area (Å²) >= 11 is 0. The summed E-state index contributed by atoms with van der Waals surface area (Å²) in [7, 11) is 0. The Morgan fingerprint density at radius 1 is 0.800 bits per heavy atom. The molecule has 15 heavy (non-hydrogen) atoms. The smallest absolute Gasteiger partial charge is 0.0774 e. The molecule has 1 radical (unpaired) electrons. The van der Waals surface area contributed by atoms with Crippen molar-refractivity contribution in [1.29, 1.82) is 0 Å². The summed E-state index contributed by atoms with van der Waals surface area (Å²) in [6.45, 7) is 0.760. The molecule has 0 saturated carbocycles. The summed E-state index contributed by atoms with van der Waals surface area (Å²) in [6.07, 6.45) is 0. The Balaban J connectivity index is 1.81. The van der Waals surface area contributed by atoms with Crippen LogP contribution >= 0.6 is 0 Å². The molecule has 0 heterocycles. The third-order valence-corrected chi connectivity index (χ3v) is 2.09. The van der Waals surface area contributed by atoms with E-state index in [0.717, 1.165) is 12.2 Å². The minimum absolute atomic E-state index is 0.760. The van der Waals surface area contributed by atoms with Gasteiger partial charge >= 0.3 is 0 Å². The summed E-state index contributed by atoms with van der Waals surface area (Å²) in [4.78, 5) is 0. The fraction of sp³-hybridized carbons (Fsp3) is 0.0769. The summed E-state index contributed by atoms with van der Waals surface area (Å²) in [5.41, 5.74) is 9.48. The molecular formula is C13H13N2. The van der Waals surface area contributed by atoms with E-state index in [4.69, 9.17) is 0 Å². The van der Waals surface area contributed by atoms with Gasteiger partial charge in [0.15, 0.2) is 0 Å². The van der Waals surface area contributed by atoms with Gasteiger partial charge in [0.1, 0.15) is 0 Å². The van der Waals surface area contributed by atoms with Crippen LogP contribution in [0.15, 0.2) is 60.7 Å². The number of para-hydroxylation sites is 1. The van der Waals surface area contributed by atoms with E-state index in [-0.39, 0.29) is 0 Å².